The second kappa shape index (κ2) is 8.89. The van der Waals surface area contributed by atoms with Crippen LogP contribution in [0.1, 0.15) is 53.8 Å². The zero-order chi connectivity index (χ0) is 19.2. The van der Waals surface area contributed by atoms with E-state index in [9.17, 15) is 9.59 Å². The molecule has 1 aliphatic rings. The Bertz CT molecular complexity index is 789. The third-order valence-electron chi connectivity index (χ3n) is 5.31. The van der Waals surface area contributed by atoms with Crippen molar-refractivity contribution in [1.29, 1.82) is 0 Å². The summed E-state index contributed by atoms with van der Waals surface area (Å²) in [7, 11) is 0. The highest BCUT2D eigenvalue weighted by Gasteiger charge is 2.19. The van der Waals surface area contributed by atoms with Gasteiger partial charge in [-0.05, 0) is 50.8 Å². The van der Waals surface area contributed by atoms with Gasteiger partial charge >= 0.3 is 5.97 Å². The average molecular weight is 368 g/mol. The SMILES string of the molecule is Cc1cc(C(=O)OCC(=O)NCC2CCCCC2)c(C)n1-c1ccccc1. The molecular formula is C22H28N2O3. The van der Waals surface area contributed by atoms with Gasteiger partial charge in [0.2, 0.25) is 0 Å². The molecule has 2 aromatic rings. The van der Waals surface area contributed by atoms with Crippen molar-refractivity contribution in [3.8, 4) is 5.69 Å². The first kappa shape index (κ1) is 19.2. The Labute approximate surface area is 160 Å². The Hall–Kier alpha value is -2.56. The lowest BCUT2D eigenvalue weighted by atomic mass is 9.89. The van der Waals surface area contributed by atoms with Gasteiger partial charge in [0.05, 0.1) is 5.56 Å². The summed E-state index contributed by atoms with van der Waals surface area (Å²) >= 11 is 0. The predicted molar refractivity (Wildman–Crippen MR) is 105 cm³/mol. The van der Waals surface area contributed by atoms with Crippen LogP contribution < -0.4 is 5.32 Å². The largest absolute Gasteiger partial charge is 0.452 e. The van der Waals surface area contributed by atoms with E-state index in [0.29, 0.717) is 18.0 Å². The highest BCUT2D eigenvalue weighted by molar-refractivity contribution is 5.93. The molecule has 5 nitrogen and oxygen atoms in total. The van der Waals surface area contributed by atoms with Crippen LogP contribution in [0.2, 0.25) is 0 Å². The summed E-state index contributed by atoms with van der Waals surface area (Å²) in [5.74, 6) is -0.132. The van der Waals surface area contributed by atoms with Crippen LogP contribution in [0, 0.1) is 19.8 Å². The number of rotatable bonds is 6. The summed E-state index contributed by atoms with van der Waals surface area (Å²) in [5, 5.41) is 2.89. The van der Waals surface area contributed by atoms with E-state index < -0.39 is 5.97 Å². The molecule has 1 saturated carbocycles. The van der Waals surface area contributed by atoms with E-state index in [1.54, 1.807) is 0 Å². The number of ether oxygens (including phenoxy) is 1. The summed E-state index contributed by atoms with van der Waals surface area (Å²) in [5.41, 5.74) is 3.26. The Morgan fingerprint density at radius 3 is 2.52 bits per heavy atom. The van der Waals surface area contributed by atoms with E-state index in [-0.39, 0.29) is 12.5 Å². The van der Waals surface area contributed by atoms with Crippen molar-refractivity contribution in [2.75, 3.05) is 13.2 Å². The molecule has 1 N–H and O–H groups in total. The van der Waals surface area contributed by atoms with Crippen molar-refractivity contribution in [1.82, 2.24) is 9.88 Å². The first-order valence-electron chi connectivity index (χ1n) is 9.74. The number of amides is 1. The van der Waals surface area contributed by atoms with Gasteiger partial charge in [0, 0.05) is 23.6 Å². The zero-order valence-corrected chi connectivity index (χ0v) is 16.2. The molecule has 1 heterocycles. The van der Waals surface area contributed by atoms with Crippen LogP contribution in [0.4, 0.5) is 0 Å². The number of para-hydroxylation sites is 1. The lowest BCUT2D eigenvalue weighted by Crippen LogP contribution is -2.33. The summed E-state index contributed by atoms with van der Waals surface area (Å²) in [6.45, 7) is 4.28. The first-order chi connectivity index (χ1) is 13.1. The van der Waals surface area contributed by atoms with Gasteiger partial charge in [-0.3, -0.25) is 4.79 Å². The number of aromatic nitrogens is 1. The topological polar surface area (TPSA) is 60.3 Å². The summed E-state index contributed by atoms with van der Waals surface area (Å²) in [6.07, 6.45) is 6.12. The number of esters is 1. The standard InChI is InChI=1S/C22H28N2O3/c1-16-13-20(17(2)24(16)19-11-7-4-8-12-19)22(26)27-15-21(25)23-14-18-9-5-3-6-10-18/h4,7-8,11-13,18H,3,5-6,9-10,14-15H2,1-2H3,(H,23,25). The smallest absolute Gasteiger partial charge is 0.340 e. The number of hydrogen-bond acceptors (Lipinski definition) is 3. The van der Waals surface area contributed by atoms with Gasteiger partial charge in [0.25, 0.3) is 5.91 Å². The molecule has 1 fully saturated rings. The summed E-state index contributed by atoms with van der Waals surface area (Å²) in [6, 6.07) is 11.7. The van der Waals surface area contributed by atoms with Crippen LogP contribution >= 0.6 is 0 Å². The van der Waals surface area contributed by atoms with E-state index in [1.165, 1.54) is 32.1 Å². The third-order valence-corrected chi connectivity index (χ3v) is 5.31. The van der Waals surface area contributed by atoms with Gasteiger partial charge in [-0.25, -0.2) is 4.79 Å². The van der Waals surface area contributed by atoms with Crippen LogP contribution in [0.3, 0.4) is 0 Å². The Balaban J connectivity index is 1.56. The van der Waals surface area contributed by atoms with Crippen molar-refractivity contribution in [3.63, 3.8) is 0 Å². The van der Waals surface area contributed by atoms with Crippen LogP contribution in [0.5, 0.6) is 0 Å². The molecule has 1 aromatic carbocycles. The Morgan fingerprint density at radius 2 is 1.81 bits per heavy atom. The van der Waals surface area contributed by atoms with Crippen molar-refractivity contribution < 1.29 is 14.3 Å². The molecule has 0 spiro atoms. The number of benzene rings is 1. The molecule has 1 aromatic heterocycles. The molecule has 144 valence electrons. The fourth-order valence-electron chi connectivity index (χ4n) is 3.85. The van der Waals surface area contributed by atoms with E-state index in [2.05, 4.69) is 5.32 Å². The van der Waals surface area contributed by atoms with Crippen LogP contribution in [0.25, 0.3) is 5.69 Å². The van der Waals surface area contributed by atoms with Gasteiger partial charge in [-0.15, -0.1) is 0 Å². The molecule has 5 heteroatoms. The van der Waals surface area contributed by atoms with Gasteiger partial charge < -0.3 is 14.6 Å². The number of nitrogens with zero attached hydrogens (tertiary/aromatic N) is 1. The third kappa shape index (κ3) is 4.79. The van der Waals surface area contributed by atoms with Crippen molar-refractivity contribution in [2.24, 2.45) is 5.92 Å². The Morgan fingerprint density at radius 1 is 1.11 bits per heavy atom. The number of nitrogens with one attached hydrogen (secondary N) is 1. The van der Waals surface area contributed by atoms with Crippen LogP contribution in [-0.4, -0.2) is 29.6 Å². The molecular weight excluding hydrogens is 340 g/mol. The second-order valence-electron chi connectivity index (χ2n) is 7.34. The summed E-state index contributed by atoms with van der Waals surface area (Å²) in [4.78, 5) is 24.5. The lowest BCUT2D eigenvalue weighted by molar-refractivity contribution is -0.124. The van der Waals surface area contributed by atoms with E-state index in [4.69, 9.17) is 4.74 Å². The van der Waals surface area contributed by atoms with E-state index in [0.717, 1.165) is 17.1 Å². The number of carbonyl (C=O) groups is 2. The molecule has 1 aliphatic carbocycles. The van der Waals surface area contributed by atoms with Crippen LogP contribution in [0.15, 0.2) is 36.4 Å². The molecule has 1 amide bonds. The van der Waals surface area contributed by atoms with Crippen molar-refractivity contribution >= 4 is 11.9 Å². The highest BCUT2D eigenvalue weighted by Crippen LogP contribution is 2.23. The fourth-order valence-corrected chi connectivity index (χ4v) is 3.85. The molecule has 27 heavy (non-hydrogen) atoms. The minimum atomic E-state index is -0.460. The maximum atomic E-state index is 12.5. The first-order valence-corrected chi connectivity index (χ1v) is 9.74. The highest BCUT2D eigenvalue weighted by atomic mass is 16.5. The van der Waals surface area contributed by atoms with Gasteiger partial charge in [-0.1, -0.05) is 37.5 Å². The number of aryl methyl sites for hydroxylation is 1. The van der Waals surface area contributed by atoms with Gasteiger partial charge in [-0.2, -0.15) is 0 Å². The number of hydrogen-bond donors (Lipinski definition) is 1. The maximum absolute atomic E-state index is 12.5. The monoisotopic (exact) mass is 368 g/mol. The molecule has 0 radical (unpaired) electrons. The lowest BCUT2D eigenvalue weighted by Gasteiger charge is -2.21. The summed E-state index contributed by atoms with van der Waals surface area (Å²) < 4.78 is 7.26. The average Bonchev–Trinajstić information content (AvgIpc) is 3.00. The van der Waals surface area contributed by atoms with Gasteiger partial charge in [0.15, 0.2) is 6.61 Å². The molecule has 0 bridgehead atoms. The molecule has 0 unspecified atom stereocenters. The Kier molecular flexibility index (Phi) is 6.32. The zero-order valence-electron chi connectivity index (χ0n) is 16.2. The fraction of sp³-hybridized carbons (Fsp3) is 0.455. The quantitative estimate of drug-likeness (QED) is 0.786. The molecule has 3 rings (SSSR count). The second-order valence-corrected chi connectivity index (χ2v) is 7.34. The predicted octanol–water partition coefficient (Wildman–Crippen LogP) is 3.95. The molecule has 0 aliphatic heterocycles. The van der Waals surface area contributed by atoms with Crippen LogP contribution in [-0.2, 0) is 9.53 Å². The van der Waals surface area contributed by atoms with Gasteiger partial charge in [0.1, 0.15) is 0 Å². The normalized spacial score (nSPS) is 14.7. The van der Waals surface area contributed by atoms with E-state index in [1.807, 2.05) is 54.8 Å². The minimum Gasteiger partial charge on any atom is -0.452 e. The van der Waals surface area contributed by atoms with Crippen molar-refractivity contribution in [2.45, 2.75) is 46.0 Å². The van der Waals surface area contributed by atoms with E-state index >= 15 is 0 Å². The molecule has 0 atom stereocenters. The number of carbonyl (C=O) groups excluding carboxylic acids is 2. The maximum Gasteiger partial charge on any atom is 0.340 e. The minimum absolute atomic E-state index is 0.231. The van der Waals surface area contributed by atoms with Crippen molar-refractivity contribution in [3.05, 3.63) is 53.3 Å². The molecule has 0 saturated heterocycles.